The third-order valence-corrected chi connectivity index (χ3v) is 5.47. The first kappa shape index (κ1) is 13.7. The van der Waals surface area contributed by atoms with Crippen molar-refractivity contribution in [2.75, 3.05) is 16.3 Å². The van der Waals surface area contributed by atoms with Crippen molar-refractivity contribution in [2.24, 2.45) is 0 Å². The lowest BCUT2D eigenvalue weighted by atomic mass is 9.98. The second kappa shape index (κ2) is 4.77. The number of aryl methyl sites for hydroxylation is 2. The van der Waals surface area contributed by atoms with Gasteiger partial charge in [0, 0.05) is 17.9 Å². The summed E-state index contributed by atoms with van der Waals surface area (Å²) in [7, 11) is 0. The van der Waals surface area contributed by atoms with E-state index in [1.807, 2.05) is 0 Å². The van der Waals surface area contributed by atoms with E-state index in [0.717, 1.165) is 13.0 Å². The van der Waals surface area contributed by atoms with Gasteiger partial charge in [-0.15, -0.1) is 0 Å². The minimum atomic E-state index is 0.425. The third kappa shape index (κ3) is 1.86. The molecule has 2 atom stereocenters. The number of hydrogen-bond acceptors (Lipinski definition) is 2. The van der Waals surface area contributed by atoms with Gasteiger partial charge in [-0.05, 0) is 68.5 Å². The van der Waals surface area contributed by atoms with Crippen LogP contribution in [-0.2, 0) is 6.42 Å². The Bertz CT molecular complexity index is 732. The van der Waals surface area contributed by atoms with Crippen molar-refractivity contribution in [3.8, 4) is 0 Å². The molecule has 2 heteroatoms. The fraction of sp³-hybridized carbons (Fsp3) is 0.400. The molecule has 0 aromatic heterocycles. The van der Waals surface area contributed by atoms with Gasteiger partial charge in [-0.25, -0.2) is 0 Å². The molecule has 114 valence electrons. The summed E-state index contributed by atoms with van der Waals surface area (Å²) in [6.07, 6.45) is 1.58. The molecule has 2 aromatic rings. The zero-order valence-electron chi connectivity index (χ0n) is 13.9. The molecule has 1 unspecified atom stereocenters. The summed E-state index contributed by atoms with van der Waals surface area (Å²) >= 11 is 0. The summed E-state index contributed by atoms with van der Waals surface area (Å²) in [6.45, 7) is 10.2. The number of rotatable bonds is 1. The number of nitrogens with zero attached hydrogens (tertiary/aromatic N) is 2. The highest BCUT2D eigenvalue weighted by atomic mass is 15.4. The number of hydrogen-bond donors (Lipinski definition) is 0. The maximum atomic E-state index is 2.65. The molecule has 2 nitrogen and oxygen atoms in total. The summed E-state index contributed by atoms with van der Waals surface area (Å²) in [5.74, 6) is 0. The molecule has 0 N–H and O–H groups in total. The fourth-order valence-electron chi connectivity index (χ4n) is 4.29. The molecule has 22 heavy (non-hydrogen) atoms. The van der Waals surface area contributed by atoms with Gasteiger partial charge in [0.15, 0.2) is 0 Å². The molecular weight excluding hydrogens is 268 g/mol. The molecular formula is C20H24N2. The Morgan fingerprint density at radius 1 is 1.00 bits per heavy atom. The lowest BCUT2D eigenvalue weighted by Gasteiger charge is -2.31. The van der Waals surface area contributed by atoms with Gasteiger partial charge in [0.25, 0.3) is 0 Å². The van der Waals surface area contributed by atoms with Crippen LogP contribution in [0.1, 0.15) is 29.2 Å². The second-order valence-corrected chi connectivity index (χ2v) is 6.90. The number of benzene rings is 2. The largest absolute Gasteiger partial charge is 0.349 e. The average Bonchev–Trinajstić information content (AvgIpc) is 2.75. The lowest BCUT2D eigenvalue weighted by Crippen LogP contribution is -2.38. The summed E-state index contributed by atoms with van der Waals surface area (Å²) in [6, 6.07) is 14.1. The smallest absolute Gasteiger partial charge is 0.0991 e. The maximum absolute atomic E-state index is 2.65. The average molecular weight is 292 g/mol. The van der Waals surface area contributed by atoms with Crippen molar-refractivity contribution in [3.63, 3.8) is 0 Å². The minimum absolute atomic E-state index is 0.425. The molecule has 2 aliphatic rings. The predicted molar refractivity (Wildman–Crippen MR) is 93.9 cm³/mol. The van der Waals surface area contributed by atoms with Crippen LogP contribution in [0.4, 0.5) is 11.4 Å². The normalized spacial score (nSPS) is 22.9. The van der Waals surface area contributed by atoms with Crippen LogP contribution in [0.25, 0.3) is 0 Å². The molecule has 2 aliphatic heterocycles. The van der Waals surface area contributed by atoms with E-state index in [1.54, 1.807) is 0 Å². The highest BCUT2D eigenvalue weighted by molar-refractivity contribution is 5.67. The molecule has 2 heterocycles. The van der Waals surface area contributed by atoms with E-state index < -0.39 is 0 Å². The molecule has 0 saturated carbocycles. The van der Waals surface area contributed by atoms with Gasteiger partial charge in [0.2, 0.25) is 0 Å². The summed E-state index contributed by atoms with van der Waals surface area (Å²) in [5.41, 5.74) is 8.53. The lowest BCUT2D eigenvalue weighted by molar-refractivity contribution is 0.663. The predicted octanol–water partition coefficient (Wildman–Crippen LogP) is 4.21. The number of para-hydroxylation sites is 1. The van der Waals surface area contributed by atoms with Crippen LogP contribution < -0.4 is 9.80 Å². The SMILES string of the molecule is Cc1cc(C)c(C)c(N2C3Cc4ccccc4N(C3)[C@@H]2C)c1. The number of fused-ring (bicyclic) bond motifs is 4. The first-order valence-electron chi connectivity index (χ1n) is 8.27. The maximum Gasteiger partial charge on any atom is 0.0991 e. The zero-order valence-corrected chi connectivity index (χ0v) is 13.9. The van der Waals surface area contributed by atoms with Crippen molar-refractivity contribution in [2.45, 2.75) is 46.3 Å². The van der Waals surface area contributed by atoms with Gasteiger partial charge in [-0.1, -0.05) is 24.3 Å². The van der Waals surface area contributed by atoms with E-state index in [2.05, 4.69) is 73.9 Å². The minimum Gasteiger partial charge on any atom is -0.349 e. The zero-order chi connectivity index (χ0) is 15.4. The van der Waals surface area contributed by atoms with Gasteiger partial charge >= 0.3 is 0 Å². The van der Waals surface area contributed by atoms with E-state index in [9.17, 15) is 0 Å². The second-order valence-electron chi connectivity index (χ2n) is 6.90. The van der Waals surface area contributed by atoms with E-state index >= 15 is 0 Å². The highest BCUT2D eigenvalue weighted by Crippen LogP contribution is 2.41. The van der Waals surface area contributed by atoms with Crippen LogP contribution >= 0.6 is 0 Å². The van der Waals surface area contributed by atoms with Gasteiger partial charge in [-0.3, -0.25) is 0 Å². The molecule has 2 aromatic carbocycles. The first-order chi connectivity index (χ1) is 10.6. The molecule has 2 bridgehead atoms. The molecule has 0 aliphatic carbocycles. The Hall–Kier alpha value is -1.96. The van der Waals surface area contributed by atoms with E-state index in [0.29, 0.717) is 12.2 Å². The molecule has 1 saturated heterocycles. The van der Waals surface area contributed by atoms with E-state index in [1.165, 1.54) is 33.6 Å². The standard InChI is InChI=1S/C20H24N2/c1-13-9-14(2)15(3)20(10-13)22-16(4)21-12-18(22)11-17-7-5-6-8-19(17)21/h5-10,16,18H,11-12H2,1-4H3/t16-,18?/m0/s1. The van der Waals surface area contributed by atoms with E-state index in [4.69, 9.17) is 0 Å². The topological polar surface area (TPSA) is 6.48 Å². The Labute approximate surface area is 133 Å². The Balaban J connectivity index is 1.81. The van der Waals surface area contributed by atoms with Crippen molar-refractivity contribution in [1.82, 2.24) is 0 Å². The van der Waals surface area contributed by atoms with Crippen molar-refractivity contribution < 1.29 is 0 Å². The van der Waals surface area contributed by atoms with Gasteiger partial charge in [0.05, 0.1) is 12.2 Å². The fourth-order valence-corrected chi connectivity index (χ4v) is 4.29. The highest BCUT2D eigenvalue weighted by Gasteiger charge is 2.41. The first-order valence-corrected chi connectivity index (χ1v) is 8.27. The van der Waals surface area contributed by atoms with Crippen LogP contribution in [0.2, 0.25) is 0 Å². The molecule has 4 rings (SSSR count). The molecule has 1 fully saturated rings. The van der Waals surface area contributed by atoms with Gasteiger partial charge < -0.3 is 9.80 Å². The number of anilines is 2. The van der Waals surface area contributed by atoms with Crippen molar-refractivity contribution in [3.05, 3.63) is 58.7 Å². The molecule has 0 amide bonds. The van der Waals surface area contributed by atoms with Crippen LogP contribution in [0.3, 0.4) is 0 Å². The summed E-state index contributed by atoms with van der Waals surface area (Å²) in [4.78, 5) is 5.22. The molecule has 0 radical (unpaired) electrons. The Morgan fingerprint density at radius 3 is 2.59 bits per heavy atom. The van der Waals surface area contributed by atoms with Gasteiger partial charge in [0.1, 0.15) is 0 Å². The van der Waals surface area contributed by atoms with Crippen LogP contribution in [0.5, 0.6) is 0 Å². The third-order valence-electron chi connectivity index (χ3n) is 5.47. The summed E-state index contributed by atoms with van der Waals surface area (Å²) in [5, 5.41) is 0. The quantitative estimate of drug-likeness (QED) is 0.777. The Morgan fingerprint density at radius 2 is 1.77 bits per heavy atom. The van der Waals surface area contributed by atoms with Crippen LogP contribution in [-0.4, -0.2) is 18.8 Å². The van der Waals surface area contributed by atoms with Crippen molar-refractivity contribution >= 4 is 11.4 Å². The van der Waals surface area contributed by atoms with Crippen LogP contribution in [0, 0.1) is 20.8 Å². The summed E-state index contributed by atoms with van der Waals surface area (Å²) < 4.78 is 0. The molecule has 0 spiro atoms. The Kier molecular flexibility index (Phi) is 2.97. The van der Waals surface area contributed by atoms with Gasteiger partial charge in [-0.2, -0.15) is 0 Å². The van der Waals surface area contributed by atoms with E-state index in [-0.39, 0.29) is 0 Å². The van der Waals surface area contributed by atoms with Crippen LogP contribution in [0.15, 0.2) is 36.4 Å². The monoisotopic (exact) mass is 292 g/mol. The van der Waals surface area contributed by atoms with Crippen molar-refractivity contribution in [1.29, 1.82) is 0 Å².